The van der Waals surface area contributed by atoms with E-state index in [1.807, 2.05) is 18.2 Å². The quantitative estimate of drug-likeness (QED) is 0.864. The molecule has 0 aliphatic heterocycles. The normalized spacial score (nSPS) is 10.3. The first kappa shape index (κ1) is 13.6. The van der Waals surface area contributed by atoms with Crippen LogP contribution < -0.4 is 15.0 Å². The Labute approximate surface area is 118 Å². The summed E-state index contributed by atoms with van der Waals surface area (Å²) in [5, 5.41) is 4.10. The number of hydrogen-bond acceptors (Lipinski definition) is 4. The van der Waals surface area contributed by atoms with Gasteiger partial charge in [-0.1, -0.05) is 15.9 Å². The predicted octanol–water partition coefficient (Wildman–Crippen LogP) is 2.07. The van der Waals surface area contributed by atoms with Gasteiger partial charge in [-0.15, -0.1) is 5.10 Å². The van der Waals surface area contributed by atoms with Crippen LogP contribution in [0.4, 0.5) is 0 Å². The zero-order valence-electron chi connectivity index (χ0n) is 10.6. The maximum atomic E-state index is 11.8. The van der Waals surface area contributed by atoms with Gasteiger partial charge in [-0.3, -0.25) is 4.79 Å². The third-order valence-electron chi connectivity index (χ3n) is 2.61. The van der Waals surface area contributed by atoms with Crippen LogP contribution >= 0.6 is 15.9 Å². The van der Waals surface area contributed by atoms with Gasteiger partial charge in [0.2, 0.25) is 5.88 Å². The second-order valence-corrected chi connectivity index (χ2v) is 4.74. The minimum absolute atomic E-state index is 0.192. The Balaban J connectivity index is 2.40. The molecule has 0 saturated carbocycles. The molecule has 0 amide bonds. The minimum Gasteiger partial charge on any atom is -0.496 e. The zero-order chi connectivity index (χ0) is 13.8. The molecule has 0 atom stereocenters. The Kier molecular flexibility index (Phi) is 4.21. The van der Waals surface area contributed by atoms with E-state index in [1.165, 1.54) is 23.9 Å². The van der Waals surface area contributed by atoms with Gasteiger partial charge < -0.3 is 9.47 Å². The van der Waals surface area contributed by atoms with Gasteiger partial charge in [-0.25, -0.2) is 4.68 Å². The molecule has 100 valence electrons. The Hall–Kier alpha value is -1.82. The number of aromatic nitrogens is 2. The summed E-state index contributed by atoms with van der Waals surface area (Å²) in [4.78, 5) is 11.8. The maximum Gasteiger partial charge on any atom is 0.267 e. The minimum atomic E-state index is -0.192. The van der Waals surface area contributed by atoms with Gasteiger partial charge >= 0.3 is 0 Å². The number of rotatable bonds is 4. The predicted molar refractivity (Wildman–Crippen MR) is 74.8 cm³/mol. The van der Waals surface area contributed by atoms with Crippen LogP contribution in [-0.2, 0) is 6.54 Å². The molecule has 0 bridgehead atoms. The van der Waals surface area contributed by atoms with Crippen molar-refractivity contribution in [3.05, 3.63) is 50.7 Å². The number of benzene rings is 1. The molecule has 1 heterocycles. The summed E-state index contributed by atoms with van der Waals surface area (Å²) in [6.07, 6.45) is 0. The average molecular weight is 325 g/mol. The summed E-state index contributed by atoms with van der Waals surface area (Å²) in [6, 6.07) is 8.58. The van der Waals surface area contributed by atoms with Gasteiger partial charge in [-0.05, 0) is 18.2 Å². The van der Waals surface area contributed by atoms with Crippen LogP contribution in [0.15, 0.2) is 39.6 Å². The molecule has 0 fully saturated rings. The first-order valence-corrected chi connectivity index (χ1v) is 6.38. The van der Waals surface area contributed by atoms with Crippen molar-refractivity contribution in [1.29, 1.82) is 0 Å². The lowest BCUT2D eigenvalue weighted by Gasteiger charge is -2.10. The highest BCUT2D eigenvalue weighted by atomic mass is 79.9. The summed E-state index contributed by atoms with van der Waals surface area (Å²) in [5.74, 6) is 1.10. The van der Waals surface area contributed by atoms with Crippen LogP contribution in [0, 0.1) is 0 Å². The zero-order valence-corrected chi connectivity index (χ0v) is 12.2. The molecule has 2 aromatic rings. The number of nitrogens with zero attached hydrogens (tertiary/aromatic N) is 2. The summed E-state index contributed by atoms with van der Waals surface area (Å²) in [5.41, 5.74) is 0.669. The summed E-state index contributed by atoms with van der Waals surface area (Å²) in [6.45, 7) is 0.318. The fraction of sp³-hybridized carbons (Fsp3) is 0.231. The molecule has 1 aromatic carbocycles. The second-order valence-electron chi connectivity index (χ2n) is 3.83. The van der Waals surface area contributed by atoms with Crippen molar-refractivity contribution >= 4 is 15.9 Å². The summed E-state index contributed by atoms with van der Waals surface area (Å²) >= 11 is 3.40. The van der Waals surface area contributed by atoms with E-state index in [0.29, 0.717) is 18.2 Å². The van der Waals surface area contributed by atoms with Crippen LogP contribution in [0.1, 0.15) is 5.56 Å². The van der Waals surface area contributed by atoms with E-state index in [4.69, 9.17) is 9.47 Å². The van der Waals surface area contributed by atoms with Crippen molar-refractivity contribution in [2.24, 2.45) is 0 Å². The molecule has 19 heavy (non-hydrogen) atoms. The Bertz CT molecular complexity index is 640. The highest BCUT2D eigenvalue weighted by Gasteiger charge is 2.07. The lowest BCUT2D eigenvalue weighted by molar-refractivity contribution is 0.376. The van der Waals surface area contributed by atoms with E-state index in [1.54, 1.807) is 7.11 Å². The Morgan fingerprint density at radius 3 is 2.68 bits per heavy atom. The average Bonchev–Trinajstić information content (AvgIpc) is 2.41. The van der Waals surface area contributed by atoms with Gasteiger partial charge in [0, 0.05) is 22.2 Å². The van der Waals surface area contributed by atoms with Gasteiger partial charge in [0.1, 0.15) is 5.75 Å². The molecule has 0 unspecified atom stereocenters. The monoisotopic (exact) mass is 324 g/mol. The molecule has 1 aromatic heterocycles. The van der Waals surface area contributed by atoms with Crippen LogP contribution in [0.3, 0.4) is 0 Å². The van der Waals surface area contributed by atoms with Crippen LogP contribution in [0.2, 0.25) is 0 Å². The van der Waals surface area contributed by atoms with Gasteiger partial charge in [0.15, 0.2) is 0 Å². The molecular formula is C13H13BrN2O3. The Morgan fingerprint density at radius 1 is 1.21 bits per heavy atom. The summed E-state index contributed by atoms with van der Waals surface area (Å²) < 4.78 is 12.5. The molecule has 0 saturated heterocycles. The first-order valence-electron chi connectivity index (χ1n) is 5.58. The van der Waals surface area contributed by atoms with Crippen LogP contribution in [0.25, 0.3) is 0 Å². The fourth-order valence-electron chi connectivity index (χ4n) is 1.68. The fourth-order valence-corrected chi connectivity index (χ4v) is 2.09. The van der Waals surface area contributed by atoms with E-state index in [9.17, 15) is 4.79 Å². The first-order chi connectivity index (χ1) is 9.13. The van der Waals surface area contributed by atoms with Gasteiger partial charge in [0.05, 0.1) is 20.8 Å². The van der Waals surface area contributed by atoms with Crippen molar-refractivity contribution in [2.75, 3.05) is 14.2 Å². The second kappa shape index (κ2) is 5.88. The standard InChI is InChI=1S/C13H13BrN2O3/c1-18-11-4-3-10(14)7-9(11)8-16-13(17)6-5-12(15-16)19-2/h3-7H,8H2,1-2H3. The third kappa shape index (κ3) is 3.14. The van der Waals surface area contributed by atoms with Gasteiger partial charge in [0.25, 0.3) is 5.56 Å². The molecule has 6 heteroatoms. The molecule has 0 aliphatic carbocycles. The topological polar surface area (TPSA) is 53.4 Å². The lowest BCUT2D eigenvalue weighted by atomic mass is 10.2. The molecule has 0 spiro atoms. The van der Waals surface area contributed by atoms with E-state index >= 15 is 0 Å². The Morgan fingerprint density at radius 2 is 2.00 bits per heavy atom. The largest absolute Gasteiger partial charge is 0.496 e. The summed E-state index contributed by atoms with van der Waals surface area (Å²) in [7, 11) is 3.10. The van der Waals surface area contributed by atoms with E-state index in [0.717, 1.165) is 10.0 Å². The number of ether oxygens (including phenoxy) is 2. The highest BCUT2D eigenvalue weighted by molar-refractivity contribution is 9.10. The van der Waals surface area contributed by atoms with Crippen molar-refractivity contribution in [3.63, 3.8) is 0 Å². The van der Waals surface area contributed by atoms with E-state index in [2.05, 4.69) is 21.0 Å². The van der Waals surface area contributed by atoms with Crippen molar-refractivity contribution in [1.82, 2.24) is 9.78 Å². The third-order valence-corrected chi connectivity index (χ3v) is 3.11. The number of hydrogen-bond donors (Lipinski definition) is 0. The molecule has 5 nitrogen and oxygen atoms in total. The molecule has 0 radical (unpaired) electrons. The highest BCUT2D eigenvalue weighted by Crippen LogP contribution is 2.23. The molecule has 0 aliphatic rings. The van der Waals surface area contributed by atoms with Crippen LogP contribution in [-0.4, -0.2) is 24.0 Å². The van der Waals surface area contributed by atoms with Gasteiger partial charge in [-0.2, -0.15) is 0 Å². The number of halogens is 1. The van der Waals surface area contributed by atoms with Crippen molar-refractivity contribution in [2.45, 2.75) is 6.54 Å². The maximum absolute atomic E-state index is 11.8. The SMILES string of the molecule is COc1ccc(=O)n(Cc2cc(Br)ccc2OC)n1. The molecule has 2 rings (SSSR count). The number of methoxy groups -OCH3 is 2. The molecular weight excluding hydrogens is 312 g/mol. The lowest BCUT2D eigenvalue weighted by Crippen LogP contribution is -2.22. The van der Waals surface area contributed by atoms with E-state index in [-0.39, 0.29) is 5.56 Å². The van der Waals surface area contributed by atoms with E-state index < -0.39 is 0 Å². The van der Waals surface area contributed by atoms with Crippen molar-refractivity contribution < 1.29 is 9.47 Å². The van der Waals surface area contributed by atoms with Crippen LogP contribution in [0.5, 0.6) is 11.6 Å². The smallest absolute Gasteiger partial charge is 0.267 e. The molecule has 0 N–H and O–H groups in total. The van der Waals surface area contributed by atoms with Crippen molar-refractivity contribution in [3.8, 4) is 11.6 Å².